The summed E-state index contributed by atoms with van der Waals surface area (Å²) in [6.45, 7) is 2.20. The van der Waals surface area contributed by atoms with E-state index in [1.807, 2.05) is 31.2 Å². The minimum atomic E-state index is 0.307. The van der Waals surface area contributed by atoms with E-state index >= 15 is 0 Å². The van der Waals surface area contributed by atoms with Crippen molar-refractivity contribution in [1.82, 2.24) is 34.8 Å². The lowest BCUT2D eigenvalue weighted by molar-refractivity contribution is 0.178. The third-order valence-electron chi connectivity index (χ3n) is 4.05. The molecular weight excluding hydrogens is 360 g/mol. The molecule has 0 saturated carbocycles. The highest BCUT2D eigenvalue weighted by molar-refractivity contribution is 5.61. The van der Waals surface area contributed by atoms with Crippen molar-refractivity contribution >= 4 is 17.4 Å². The van der Waals surface area contributed by atoms with Crippen LogP contribution in [0.2, 0.25) is 0 Å². The second-order valence-electron chi connectivity index (χ2n) is 5.93. The van der Waals surface area contributed by atoms with Crippen LogP contribution in [0.4, 0.5) is 11.6 Å². The first-order valence-corrected chi connectivity index (χ1v) is 8.50. The van der Waals surface area contributed by atoms with Crippen LogP contribution in [0.3, 0.4) is 0 Å². The van der Waals surface area contributed by atoms with Crippen LogP contribution in [-0.4, -0.2) is 49.0 Å². The van der Waals surface area contributed by atoms with E-state index in [-0.39, 0.29) is 0 Å². The lowest BCUT2D eigenvalue weighted by atomic mass is 10.2. The van der Waals surface area contributed by atoms with Gasteiger partial charge < -0.3 is 14.8 Å². The van der Waals surface area contributed by atoms with Crippen molar-refractivity contribution in [2.45, 2.75) is 13.5 Å². The molecule has 1 N–H and O–H groups in total. The van der Waals surface area contributed by atoms with E-state index in [0.717, 1.165) is 17.1 Å². The lowest BCUT2D eigenvalue weighted by Gasteiger charge is -2.08. The Morgan fingerprint density at radius 2 is 1.86 bits per heavy atom. The molecule has 142 valence electrons. The molecule has 0 bridgehead atoms. The maximum absolute atomic E-state index is 5.17. The van der Waals surface area contributed by atoms with E-state index < -0.39 is 0 Å². The molecule has 0 unspecified atom stereocenters. The van der Waals surface area contributed by atoms with Gasteiger partial charge in [-0.2, -0.15) is 9.50 Å². The first-order chi connectivity index (χ1) is 13.7. The maximum Gasteiger partial charge on any atom is 0.272 e. The fourth-order valence-corrected chi connectivity index (χ4v) is 2.68. The van der Waals surface area contributed by atoms with Gasteiger partial charge in [0.15, 0.2) is 5.82 Å². The van der Waals surface area contributed by atoms with Crippen molar-refractivity contribution in [3.8, 4) is 17.1 Å². The van der Waals surface area contributed by atoms with Crippen LogP contribution >= 0.6 is 0 Å². The number of anilines is 2. The number of benzene rings is 1. The topological polar surface area (TPSA) is 112 Å². The first-order valence-electron chi connectivity index (χ1n) is 8.50. The third kappa shape index (κ3) is 3.45. The third-order valence-corrected chi connectivity index (χ3v) is 4.05. The number of ether oxygens (including phenoxy) is 2. The summed E-state index contributed by atoms with van der Waals surface area (Å²) in [4.78, 5) is 13.1. The molecule has 0 aliphatic carbocycles. The SMILES string of the molecule is COCc1nc2nnc(-c3ccnc(Nc4ccc(OC)cc4)n3)c(C)n2n1. The number of nitrogens with zero attached hydrogens (tertiary/aromatic N) is 7. The number of rotatable bonds is 6. The molecule has 0 saturated heterocycles. The summed E-state index contributed by atoms with van der Waals surface area (Å²) in [6, 6.07) is 9.27. The van der Waals surface area contributed by atoms with E-state index in [1.54, 1.807) is 31.0 Å². The summed E-state index contributed by atoms with van der Waals surface area (Å²) in [5.41, 5.74) is 2.84. The molecule has 3 heterocycles. The number of hydrogen-bond acceptors (Lipinski definition) is 9. The largest absolute Gasteiger partial charge is 0.497 e. The van der Waals surface area contributed by atoms with Crippen molar-refractivity contribution in [3.05, 3.63) is 48.0 Å². The van der Waals surface area contributed by atoms with Crippen LogP contribution in [0.15, 0.2) is 36.5 Å². The zero-order valence-corrected chi connectivity index (χ0v) is 15.6. The molecule has 0 fully saturated rings. The summed E-state index contributed by atoms with van der Waals surface area (Å²) >= 11 is 0. The van der Waals surface area contributed by atoms with Gasteiger partial charge in [0.2, 0.25) is 5.95 Å². The van der Waals surface area contributed by atoms with Crippen LogP contribution in [0.1, 0.15) is 11.5 Å². The average Bonchev–Trinajstić information content (AvgIpc) is 3.13. The number of fused-ring (bicyclic) bond motifs is 1. The first kappa shape index (κ1) is 17.7. The van der Waals surface area contributed by atoms with Gasteiger partial charge in [0.25, 0.3) is 5.78 Å². The monoisotopic (exact) mass is 378 g/mol. The highest BCUT2D eigenvalue weighted by Gasteiger charge is 2.14. The minimum Gasteiger partial charge on any atom is -0.497 e. The van der Waals surface area contributed by atoms with Crippen LogP contribution in [-0.2, 0) is 11.3 Å². The molecule has 4 aromatic rings. The Kier molecular flexibility index (Phi) is 4.77. The molecule has 28 heavy (non-hydrogen) atoms. The van der Waals surface area contributed by atoms with Crippen molar-refractivity contribution < 1.29 is 9.47 Å². The number of nitrogens with one attached hydrogen (secondary N) is 1. The predicted molar refractivity (Wildman–Crippen MR) is 101 cm³/mol. The van der Waals surface area contributed by atoms with Gasteiger partial charge >= 0.3 is 0 Å². The van der Waals surface area contributed by atoms with Gasteiger partial charge in [-0.15, -0.1) is 15.3 Å². The summed E-state index contributed by atoms with van der Waals surface area (Å²) in [7, 11) is 3.22. The molecule has 0 aliphatic heterocycles. The van der Waals surface area contributed by atoms with Gasteiger partial charge in [-0.05, 0) is 37.3 Å². The molecular formula is C18H18N8O2. The molecule has 0 atom stereocenters. The van der Waals surface area contributed by atoms with Gasteiger partial charge in [-0.3, -0.25) is 0 Å². The molecule has 0 spiro atoms. The van der Waals surface area contributed by atoms with Crippen LogP contribution in [0.25, 0.3) is 17.2 Å². The Morgan fingerprint density at radius 1 is 1.04 bits per heavy atom. The van der Waals surface area contributed by atoms with E-state index in [0.29, 0.717) is 35.5 Å². The van der Waals surface area contributed by atoms with Crippen LogP contribution < -0.4 is 10.1 Å². The Hall–Kier alpha value is -3.66. The van der Waals surface area contributed by atoms with E-state index in [9.17, 15) is 0 Å². The predicted octanol–water partition coefficient (Wildman–Crippen LogP) is 2.18. The zero-order chi connectivity index (χ0) is 19.5. The molecule has 10 nitrogen and oxygen atoms in total. The lowest BCUT2D eigenvalue weighted by Crippen LogP contribution is -2.05. The van der Waals surface area contributed by atoms with Gasteiger partial charge in [0.1, 0.15) is 18.1 Å². The number of aromatic nitrogens is 7. The van der Waals surface area contributed by atoms with E-state index in [4.69, 9.17) is 9.47 Å². The second kappa shape index (κ2) is 7.53. The standard InChI is InChI=1S/C18H18N8O2/c1-11-16(23-24-18-22-15(10-27-2)25-26(11)18)14-8-9-19-17(21-14)20-12-4-6-13(28-3)7-5-12/h4-9H,10H2,1-3H3,(H,19,20,21). The van der Waals surface area contributed by atoms with Gasteiger partial charge in [0, 0.05) is 19.0 Å². The van der Waals surface area contributed by atoms with Gasteiger partial charge in [-0.25, -0.2) is 9.97 Å². The van der Waals surface area contributed by atoms with Crippen LogP contribution in [0.5, 0.6) is 5.75 Å². The molecule has 4 rings (SSSR count). The quantitative estimate of drug-likeness (QED) is 0.539. The molecule has 3 aromatic heterocycles. The number of methoxy groups -OCH3 is 2. The highest BCUT2D eigenvalue weighted by atomic mass is 16.5. The molecule has 0 aliphatic rings. The number of hydrogen-bond donors (Lipinski definition) is 1. The fraction of sp³-hybridized carbons (Fsp3) is 0.222. The Morgan fingerprint density at radius 3 is 2.61 bits per heavy atom. The van der Waals surface area contributed by atoms with Crippen molar-refractivity contribution in [3.63, 3.8) is 0 Å². The van der Waals surface area contributed by atoms with E-state index in [1.165, 1.54) is 0 Å². The minimum absolute atomic E-state index is 0.307. The smallest absolute Gasteiger partial charge is 0.272 e. The molecule has 0 radical (unpaired) electrons. The van der Waals surface area contributed by atoms with E-state index in [2.05, 4.69) is 35.6 Å². The molecule has 1 aromatic carbocycles. The van der Waals surface area contributed by atoms with Crippen LogP contribution in [0, 0.1) is 6.92 Å². The fourth-order valence-electron chi connectivity index (χ4n) is 2.68. The summed E-state index contributed by atoms with van der Waals surface area (Å²) in [5, 5.41) is 16.0. The zero-order valence-electron chi connectivity index (χ0n) is 15.6. The Labute approximate surface area is 160 Å². The maximum atomic E-state index is 5.17. The molecule has 0 amide bonds. The second-order valence-corrected chi connectivity index (χ2v) is 5.93. The average molecular weight is 378 g/mol. The van der Waals surface area contributed by atoms with Crippen molar-refractivity contribution in [2.24, 2.45) is 0 Å². The van der Waals surface area contributed by atoms with Crippen molar-refractivity contribution in [2.75, 3.05) is 19.5 Å². The Bertz CT molecular complexity index is 1110. The summed E-state index contributed by atoms with van der Waals surface area (Å²) in [6.07, 6.45) is 1.66. The summed E-state index contributed by atoms with van der Waals surface area (Å²) in [5.74, 6) is 2.18. The van der Waals surface area contributed by atoms with Gasteiger partial charge in [0.05, 0.1) is 18.5 Å². The summed E-state index contributed by atoms with van der Waals surface area (Å²) < 4.78 is 11.9. The Balaban J connectivity index is 1.65. The molecule has 10 heteroatoms. The van der Waals surface area contributed by atoms with Gasteiger partial charge in [-0.1, -0.05) is 0 Å². The highest BCUT2D eigenvalue weighted by Crippen LogP contribution is 2.22. The number of aryl methyl sites for hydroxylation is 1. The van der Waals surface area contributed by atoms with Crippen molar-refractivity contribution in [1.29, 1.82) is 0 Å². The normalized spacial score (nSPS) is 11.0.